The molecular formula is C22H22F3N7. The molecule has 1 aliphatic heterocycles. The van der Waals surface area contributed by atoms with Gasteiger partial charge in [0.25, 0.3) is 0 Å². The van der Waals surface area contributed by atoms with Crippen molar-refractivity contribution in [1.82, 2.24) is 30.5 Å². The van der Waals surface area contributed by atoms with E-state index in [2.05, 4.69) is 35.8 Å². The number of alkyl halides is 3. The predicted molar refractivity (Wildman–Crippen MR) is 116 cm³/mol. The third-order valence-electron chi connectivity index (χ3n) is 5.72. The van der Waals surface area contributed by atoms with Gasteiger partial charge in [0.1, 0.15) is 5.56 Å². The molecule has 0 bridgehead atoms. The molecule has 0 saturated carbocycles. The highest BCUT2D eigenvalue weighted by molar-refractivity contribution is 5.97. The van der Waals surface area contributed by atoms with Gasteiger partial charge in [0.05, 0.1) is 11.4 Å². The van der Waals surface area contributed by atoms with Crippen molar-refractivity contribution in [2.75, 3.05) is 18.4 Å². The number of nitrogens with one attached hydrogen (secondary N) is 4. The number of fused-ring (bicyclic) bond motifs is 1. The van der Waals surface area contributed by atoms with E-state index in [4.69, 9.17) is 0 Å². The molecule has 1 atom stereocenters. The Balaban J connectivity index is 1.55. The summed E-state index contributed by atoms with van der Waals surface area (Å²) >= 11 is 0. The SMILES string of the molecule is FC(F)(F)c1cnc(N[C@H]2CCCCNC2)nc1-c1c[nH]c2cc(-c3ccn[nH]3)ccc12. The number of H-pyrrole nitrogens is 2. The van der Waals surface area contributed by atoms with Gasteiger partial charge in [0, 0.05) is 53.2 Å². The molecule has 0 amide bonds. The summed E-state index contributed by atoms with van der Waals surface area (Å²) < 4.78 is 41.4. The van der Waals surface area contributed by atoms with Crippen LogP contribution in [0.5, 0.6) is 0 Å². The van der Waals surface area contributed by atoms with E-state index in [9.17, 15) is 13.2 Å². The van der Waals surface area contributed by atoms with Crippen molar-refractivity contribution < 1.29 is 13.2 Å². The van der Waals surface area contributed by atoms with Gasteiger partial charge >= 0.3 is 6.18 Å². The number of hydrogen-bond donors (Lipinski definition) is 4. The zero-order valence-electron chi connectivity index (χ0n) is 17.1. The number of anilines is 1. The zero-order valence-corrected chi connectivity index (χ0v) is 17.1. The van der Waals surface area contributed by atoms with Crippen LogP contribution in [0.4, 0.5) is 19.1 Å². The highest BCUT2D eigenvalue weighted by atomic mass is 19.4. The van der Waals surface area contributed by atoms with Crippen LogP contribution in [-0.2, 0) is 6.18 Å². The van der Waals surface area contributed by atoms with Crippen LogP contribution >= 0.6 is 0 Å². The van der Waals surface area contributed by atoms with E-state index in [1.807, 2.05) is 18.2 Å². The van der Waals surface area contributed by atoms with Gasteiger partial charge in [-0.15, -0.1) is 0 Å². The third kappa shape index (κ3) is 4.05. The lowest BCUT2D eigenvalue weighted by Gasteiger charge is -2.18. The van der Waals surface area contributed by atoms with E-state index in [1.54, 1.807) is 18.5 Å². The van der Waals surface area contributed by atoms with Gasteiger partial charge in [-0.2, -0.15) is 18.3 Å². The van der Waals surface area contributed by atoms with Crippen molar-refractivity contribution in [2.24, 2.45) is 0 Å². The molecule has 3 aromatic heterocycles. The maximum Gasteiger partial charge on any atom is 0.419 e. The molecule has 4 N–H and O–H groups in total. The van der Waals surface area contributed by atoms with Gasteiger partial charge < -0.3 is 15.6 Å². The summed E-state index contributed by atoms with van der Waals surface area (Å²) in [6.07, 6.45) is 2.54. The molecule has 4 aromatic rings. The van der Waals surface area contributed by atoms with E-state index in [0.717, 1.165) is 49.8 Å². The van der Waals surface area contributed by atoms with Crippen LogP contribution in [-0.4, -0.2) is 44.3 Å². The Labute approximate surface area is 181 Å². The second kappa shape index (κ2) is 8.27. The van der Waals surface area contributed by atoms with E-state index >= 15 is 0 Å². The van der Waals surface area contributed by atoms with Crippen molar-refractivity contribution in [3.05, 3.63) is 48.4 Å². The van der Waals surface area contributed by atoms with Crippen molar-refractivity contribution in [2.45, 2.75) is 31.5 Å². The number of benzene rings is 1. The lowest BCUT2D eigenvalue weighted by Crippen LogP contribution is -2.31. The zero-order chi connectivity index (χ0) is 22.1. The summed E-state index contributed by atoms with van der Waals surface area (Å²) in [6, 6.07) is 7.41. The minimum Gasteiger partial charge on any atom is -0.360 e. The van der Waals surface area contributed by atoms with E-state index in [0.29, 0.717) is 16.5 Å². The number of aromatic nitrogens is 5. The molecule has 5 rings (SSSR count). The van der Waals surface area contributed by atoms with Crippen LogP contribution in [0, 0.1) is 0 Å². The third-order valence-corrected chi connectivity index (χ3v) is 5.72. The fourth-order valence-electron chi connectivity index (χ4n) is 4.10. The smallest absolute Gasteiger partial charge is 0.360 e. The van der Waals surface area contributed by atoms with E-state index < -0.39 is 11.7 Å². The monoisotopic (exact) mass is 441 g/mol. The quantitative estimate of drug-likeness (QED) is 0.372. The molecule has 0 spiro atoms. The topological polar surface area (TPSA) is 94.3 Å². The minimum atomic E-state index is -4.57. The summed E-state index contributed by atoms with van der Waals surface area (Å²) in [4.78, 5) is 11.4. The first-order chi connectivity index (χ1) is 15.5. The fourth-order valence-corrected chi connectivity index (χ4v) is 4.10. The van der Waals surface area contributed by atoms with Gasteiger partial charge in [-0.25, -0.2) is 9.97 Å². The molecule has 0 aliphatic carbocycles. The second-order valence-corrected chi connectivity index (χ2v) is 7.93. The first-order valence-electron chi connectivity index (χ1n) is 10.5. The predicted octanol–water partition coefficient (Wildman–Crippen LogP) is 4.59. The Morgan fingerprint density at radius 2 is 2.03 bits per heavy atom. The van der Waals surface area contributed by atoms with Crippen molar-refractivity contribution in [3.8, 4) is 22.5 Å². The van der Waals surface area contributed by atoms with Crippen LogP contribution in [0.3, 0.4) is 0 Å². The van der Waals surface area contributed by atoms with Gasteiger partial charge in [-0.05, 0) is 31.5 Å². The number of rotatable bonds is 4. The molecule has 0 radical (unpaired) electrons. The lowest BCUT2D eigenvalue weighted by molar-refractivity contribution is -0.137. The second-order valence-electron chi connectivity index (χ2n) is 7.93. The molecule has 7 nitrogen and oxygen atoms in total. The standard InChI is InChI=1S/C22H22F3N7/c23-22(24,25)17-12-28-21(30-14-3-1-2-7-26-10-14)31-20(17)16-11-27-19-9-13(4-5-15(16)19)18-6-8-29-32-18/h4-6,8-9,11-12,14,26-27H,1-3,7,10H2,(H,29,32)(H,28,30,31)/t14-/m0/s1. The molecule has 1 saturated heterocycles. The molecule has 1 aromatic carbocycles. The number of aromatic amines is 2. The number of halogens is 3. The van der Waals surface area contributed by atoms with E-state index in [1.165, 1.54) is 0 Å². The average molecular weight is 441 g/mol. The molecule has 32 heavy (non-hydrogen) atoms. The van der Waals surface area contributed by atoms with Crippen LogP contribution in [0.15, 0.2) is 42.9 Å². The normalized spacial score (nSPS) is 17.4. The number of nitrogens with zero attached hydrogens (tertiary/aromatic N) is 3. The Kier molecular flexibility index (Phi) is 5.30. The van der Waals surface area contributed by atoms with Gasteiger partial charge in [-0.1, -0.05) is 18.6 Å². The van der Waals surface area contributed by atoms with Crippen LogP contribution < -0.4 is 10.6 Å². The van der Waals surface area contributed by atoms with Crippen LogP contribution in [0.25, 0.3) is 33.4 Å². The van der Waals surface area contributed by atoms with Gasteiger partial charge in [-0.3, -0.25) is 5.10 Å². The van der Waals surface area contributed by atoms with Gasteiger partial charge in [0.15, 0.2) is 0 Å². The molecular weight excluding hydrogens is 419 g/mol. The summed E-state index contributed by atoms with van der Waals surface area (Å²) in [5.41, 5.74) is 1.79. The van der Waals surface area contributed by atoms with Crippen molar-refractivity contribution >= 4 is 16.9 Å². The molecule has 10 heteroatoms. The maximum absolute atomic E-state index is 13.8. The van der Waals surface area contributed by atoms with Crippen LogP contribution in [0.2, 0.25) is 0 Å². The Morgan fingerprint density at radius 1 is 1.12 bits per heavy atom. The first-order valence-corrected chi connectivity index (χ1v) is 10.5. The average Bonchev–Trinajstić information content (AvgIpc) is 3.38. The highest BCUT2D eigenvalue weighted by Gasteiger charge is 2.36. The lowest BCUT2D eigenvalue weighted by atomic mass is 10.0. The molecule has 1 fully saturated rings. The molecule has 166 valence electrons. The summed E-state index contributed by atoms with van der Waals surface area (Å²) in [7, 11) is 0. The molecule has 1 aliphatic rings. The molecule has 0 unspecified atom stereocenters. The fraction of sp³-hybridized carbons (Fsp3) is 0.318. The Bertz CT molecular complexity index is 1210. The maximum atomic E-state index is 13.8. The number of hydrogen-bond acceptors (Lipinski definition) is 5. The molecule has 4 heterocycles. The summed E-state index contributed by atoms with van der Waals surface area (Å²) in [5.74, 6) is 0.199. The largest absolute Gasteiger partial charge is 0.419 e. The summed E-state index contributed by atoms with van der Waals surface area (Å²) in [5, 5.41) is 14.0. The Hall–Kier alpha value is -3.40. The van der Waals surface area contributed by atoms with Crippen LogP contribution in [0.1, 0.15) is 24.8 Å². The summed E-state index contributed by atoms with van der Waals surface area (Å²) in [6.45, 7) is 1.66. The van der Waals surface area contributed by atoms with Gasteiger partial charge in [0.2, 0.25) is 5.95 Å². The minimum absolute atomic E-state index is 0.0713. The van der Waals surface area contributed by atoms with E-state index in [-0.39, 0.29) is 17.7 Å². The first kappa shape index (κ1) is 20.5. The highest BCUT2D eigenvalue weighted by Crippen LogP contribution is 2.39. The van der Waals surface area contributed by atoms with Crippen molar-refractivity contribution in [3.63, 3.8) is 0 Å². The van der Waals surface area contributed by atoms with Crippen molar-refractivity contribution in [1.29, 1.82) is 0 Å². The Morgan fingerprint density at radius 3 is 2.84 bits per heavy atom.